The summed E-state index contributed by atoms with van der Waals surface area (Å²) < 4.78 is 0. The van der Waals surface area contributed by atoms with Gasteiger partial charge in [-0.2, -0.15) is 0 Å². The molecule has 0 saturated heterocycles. The first-order valence-corrected chi connectivity index (χ1v) is 5.56. The van der Waals surface area contributed by atoms with E-state index in [1.807, 2.05) is 0 Å². The van der Waals surface area contributed by atoms with Crippen LogP contribution in [0, 0.1) is 0 Å². The van der Waals surface area contributed by atoms with Crippen LogP contribution in [0.4, 0.5) is 10.5 Å². The zero-order chi connectivity index (χ0) is 13.7. The fourth-order valence-corrected chi connectivity index (χ4v) is 1.43. The van der Waals surface area contributed by atoms with Crippen LogP contribution in [0.25, 0.3) is 0 Å². The molecule has 0 fully saturated rings. The SMILES string of the molecule is O=C(Nc1cc(Cl)ccc1Cl)N[C@H](CO)C(=O)O. The fraction of sp³-hybridized carbons (Fsp3) is 0.200. The molecule has 0 bridgehead atoms. The van der Waals surface area contributed by atoms with Crippen molar-refractivity contribution in [1.29, 1.82) is 0 Å². The van der Waals surface area contributed by atoms with Gasteiger partial charge in [0.1, 0.15) is 0 Å². The third-order valence-corrected chi connectivity index (χ3v) is 2.53. The van der Waals surface area contributed by atoms with E-state index in [0.717, 1.165) is 0 Å². The van der Waals surface area contributed by atoms with Crippen molar-refractivity contribution in [2.45, 2.75) is 6.04 Å². The molecule has 18 heavy (non-hydrogen) atoms. The topological polar surface area (TPSA) is 98.7 Å². The Kier molecular flexibility index (Phi) is 5.21. The number of aliphatic hydroxyl groups excluding tert-OH is 1. The van der Waals surface area contributed by atoms with Crippen molar-refractivity contribution in [3.8, 4) is 0 Å². The van der Waals surface area contributed by atoms with E-state index >= 15 is 0 Å². The molecule has 98 valence electrons. The van der Waals surface area contributed by atoms with Crippen LogP contribution in [0.1, 0.15) is 0 Å². The van der Waals surface area contributed by atoms with Crippen molar-refractivity contribution < 1.29 is 19.8 Å². The Hall–Kier alpha value is -1.50. The summed E-state index contributed by atoms with van der Waals surface area (Å²) in [6.07, 6.45) is 0. The molecule has 1 aromatic carbocycles. The molecule has 0 spiro atoms. The van der Waals surface area contributed by atoms with Gasteiger partial charge in [0.05, 0.1) is 17.3 Å². The quantitative estimate of drug-likeness (QED) is 0.677. The number of halogens is 2. The molecule has 8 heteroatoms. The standard InChI is InChI=1S/C10H10Cl2N2O4/c11-5-1-2-6(12)7(3-5)13-10(18)14-8(4-15)9(16)17/h1-3,8,15H,4H2,(H,16,17)(H2,13,14,18)/t8-/m1/s1. The van der Waals surface area contributed by atoms with Crippen molar-refractivity contribution >= 4 is 40.9 Å². The molecule has 0 heterocycles. The number of carbonyl (C=O) groups excluding carboxylic acids is 1. The second-order valence-electron chi connectivity index (χ2n) is 3.30. The van der Waals surface area contributed by atoms with E-state index in [-0.39, 0.29) is 10.7 Å². The average Bonchev–Trinajstić information content (AvgIpc) is 2.30. The highest BCUT2D eigenvalue weighted by Crippen LogP contribution is 2.25. The van der Waals surface area contributed by atoms with Gasteiger partial charge in [-0.1, -0.05) is 23.2 Å². The van der Waals surface area contributed by atoms with Crippen LogP contribution in [0.5, 0.6) is 0 Å². The highest BCUT2D eigenvalue weighted by molar-refractivity contribution is 6.35. The number of carbonyl (C=O) groups is 2. The minimum Gasteiger partial charge on any atom is -0.480 e. The normalized spacial score (nSPS) is 11.7. The second-order valence-corrected chi connectivity index (χ2v) is 4.14. The van der Waals surface area contributed by atoms with E-state index < -0.39 is 24.6 Å². The zero-order valence-corrected chi connectivity index (χ0v) is 10.5. The maximum atomic E-state index is 11.5. The van der Waals surface area contributed by atoms with E-state index in [9.17, 15) is 9.59 Å². The third-order valence-electron chi connectivity index (χ3n) is 1.96. The van der Waals surface area contributed by atoms with Crippen molar-refractivity contribution in [1.82, 2.24) is 5.32 Å². The predicted molar refractivity (Wildman–Crippen MR) is 67.1 cm³/mol. The van der Waals surface area contributed by atoms with E-state index in [2.05, 4.69) is 10.6 Å². The van der Waals surface area contributed by atoms with Crippen molar-refractivity contribution in [2.75, 3.05) is 11.9 Å². The van der Waals surface area contributed by atoms with Crippen LogP contribution >= 0.6 is 23.2 Å². The lowest BCUT2D eigenvalue weighted by Gasteiger charge is -2.13. The van der Waals surface area contributed by atoms with Crippen LogP contribution in [0.15, 0.2) is 18.2 Å². The molecule has 0 saturated carbocycles. The number of hydrogen-bond acceptors (Lipinski definition) is 3. The number of carboxylic acid groups (broad SMARTS) is 1. The van der Waals surface area contributed by atoms with E-state index in [4.69, 9.17) is 33.4 Å². The number of rotatable bonds is 4. The summed E-state index contributed by atoms with van der Waals surface area (Å²) in [7, 11) is 0. The number of hydrogen-bond donors (Lipinski definition) is 4. The van der Waals surface area contributed by atoms with E-state index in [1.165, 1.54) is 12.1 Å². The molecule has 4 N–H and O–H groups in total. The van der Waals surface area contributed by atoms with Gasteiger partial charge in [0.25, 0.3) is 0 Å². The summed E-state index contributed by atoms with van der Waals surface area (Å²) in [5.74, 6) is -1.34. The molecule has 2 amide bonds. The maximum absolute atomic E-state index is 11.5. The molecule has 0 radical (unpaired) electrons. The molecule has 0 aliphatic carbocycles. The molecular weight excluding hydrogens is 283 g/mol. The van der Waals surface area contributed by atoms with Crippen LogP contribution in [0.2, 0.25) is 10.0 Å². The van der Waals surface area contributed by atoms with Gasteiger partial charge >= 0.3 is 12.0 Å². The summed E-state index contributed by atoms with van der Waals surface area (Å²) in [5.41, 5.74) is 0.240. The number of amides is 2. The van der Waals surface area contributed by atoms with Crippen molar-refractivity contribution in [2.24, 2.45) is 0 Å². The molecule has 0 unspecified atom stereocenters. The maximum Gasteiger partial charge on any atom is 0.328 e. The zero-order valence-electron chi connectivity index (χ0n) is 8.98. The number of aliphatic carboxylic acids is 1. The number of aliphatic hydroxyl groups is 1. The van der Waals surface area contributed by atoms with Gasteiger partial charge in [-0.15, -0.1) is 0 Å². The Morgan fingerprint density at radius 1 is 1.33 bits per heavy atom. The van der Waals surface area contributed by atoms with Gasteiger partial charge in [-0.05, 0) is 18.2 Å². The fourth-order valence-electron chi connectivity index (χ4n) is 1.10. The molecule has 1 aromatic rings. The van der Waals surface area contributed by atoms with Gasteiger partial charge in [0, 0.05) is 5.02 Å². The number of anilines is 1. The molecule has 1 atom stereocenters. The van der Waals surface area contributed by atoms with Crippen LogP contribution < -0.4 is 10.6 Å². The Morgan fingerprint density at radius 3 is 2.56 bits per heavy atom. The van der Waals surface area contributed by atoms with Crippen molar-refractivity contribution in [3.05, 3.63) is 28.2 Å². The summed E-state index contributed by atoms with van der Waals surface area (Å²) in [6.45, 7) is -0.716. The highest BCUT2D eigenvalue weighted by Gasteiger charge is 2.19. The number of nitrogens with one attached hydrogen (secondary N) is 2. The average molecular weight is 293 g/mol. The van der Waals surface area contributed by atoms with E-state index in [0.29, 0.717) is 5.02 Å². The van der Waals surface area contributed by atoms with Crippen LogP contribution in [-0.4, -0.2) is 34.9 Å². The molecule has 6 nitrogen and oxygen atoms in total. The predicted octanol–water partition coefficient (Wildman–Crippen LogP) is 1.56. The first kappa shape index (κ1) is 14.6. The van der Waals surface area contributed by atoms with Gasteiger partial charge in [0.2, 0.25) is 0 Å². The Morgan fingerprint density at radius 2 is 2.00 bits per heavy atom. The lowest BCUT2D eigenvalue weighted by atomic mass is 10.3. The largest absolute Gasteiger partial charge is 0.480 e. The minimum absolute atomic E-state index is 0.240. The molecular formula is C10H10Cl2N2O4. The monoisotopic (exact) mass is 292 g/mol. The number of urea groups is 1. The first-order chi connectivity index (χ1) is 8.43. The summed E-state index contributed by atoms with van der Waals surface area (Å²) >= 11 is 11.5. The lowest BCUT2D eigenvalue weighted by Crippen LogP contribution is -2.45. The molecule has 0 aromatic heterocycles. The van der Waals surface area contributed by atoms with Gasteiger partial charge in [-0.25, -0.2) is 9.59 Å². The Bertz CT molecular complexity index is 467. The highest BCUT2D eigenvalue weighted by atomic mass is 35.5. The molecule has 0 aliphatic rings. The molecule has 0 aliphatic heterocycles. The van der Waals surface area contributed by atoms with Crippen LogP contribution in [-0.2, 0) is 4.79 Å². The smallest absolute Gasteiger partial charge is 0.328 e. The summed E-state index contributed by atoms with van der Waals surface area (Å²) in [5, 5.41) is 22.4. The van der Waals surface area contributed by atoms with Gasteiger partial charge in [0.15, 0.2) is 6.04 Å². The summed E-state index contributed by atoms with van der Waals surface area (Å²) in [6, 6.07) is 2.25. The Labute approximate surface area is 113 Å². The number of carboxylic acids is 1. The first-order valence-electron chi connectivity index (χ1n) is 4.80. The number of benzene rings is 1. The van der Waals surface area contributed by atoms with Crippen LogP contribution in [0.3, 0.4) is 0 Å². The summed E-state index contributed by atoms with van der Waals surface area (Å²) in [4.78, 5) is 22.0. The Balaban J connectivity index is 2.70. The minimum atomic E-state index is -1.39. The van der Waals surface area contributed by atoms with E-state index in [1.54, 1.807) is 6.07 Å². The van der Waals surface area contributed by atoms with Gasteiger partial charge in [-0.3, -0.25) is 0 Å². The third kappa shape index (κ3) is 4.06. The van der Waals surface area contributed by atoms with Crippen molar-refractivity contribution in [3.63, 3.8) is 0 Å². The molecule has 1 rings (SSSR count). The van der Waals surface area contributed by atoms with Gasteiger partial charge < -0.3 is 20.8 Å². The lowest BCUT2D eigenvalue weighted by molar-refractivity contribution is -0.140. The second kappa shape index (κ2) is 6.44.